The SMILES string of the molecule is CCN(Cc1cnc(-c2cccs2)nc1)Cc1ccccn1. The van der Waals surface area contributed by atoms with Gasteiger partial charge in [-0.05, 0) is 30.1 Å². The molecule has 0 aromatic carbocycles. The predicted octanol–water partition coefficient (Wildman–Crippen LogP) is 3.62. The summed E-state index contributed by atoms with van der Waals surface area (Å²) in [4.78, 5) is 16.8. The van der Waals surface area contributed by atoms with E-state index >= 15 is 0 Å². The van der Waals surface area contributed by atoms with E-state index < -0.39 is 0 Å². The van der Waals surface area contributed by atoms with Gasteiger partial charge in [-0.3, -0.25) is 9.88 Å². The summed E-state index contributed by atoms with van der Waals surface area (Å²) in [6.45, 7) is 4.79. The maximum atomic E-state index is 4.47. The summed E-state index contributed by atoms with van der Waals surface area (Å²) < 4.78 is 0. The number of hydrogen-bond acceptors (Lipinski definition) is 5. The maximum Gasteiger partial charge on any atom is 0.169 e. The van der Waals surface area contributed by atoms with Crippen LogP contribution >= 0.6 is 11.3 Å². The van der Waals surface area contributed by atoms with E-state index in [1.54, 1.807) is 11.3 Å². The molecule has 0 aliphatic rings. The van der Waals surface area contributed by atoms with Crippen LogP contribution in [0.2, 0.25) is 0 Å². The Morgan fingerprint density at radius 2 is 1.86 bits per heavy atom. The van der Waals surface area contributed by atoms with Crippen molar-refractivity contribution in [2.45, 2.75) is 20.0 Å². The van der Waals surface area contributed by atoms with Crippen molar-refractivity contribution in [2.75, 3.05) is 6.54 Å². The molecule has 4 nitrogen and oxygen atoms in total. The Morgan fingerprint density at radius 3 is 2.50 bits per heavy atom. The molecule has 0 atom stereocenters. The van der Waals surface area contributed by atoms with Crippen molar-refractivity contribution in [1.82, 2.24) is 19.9 Å². The van der Waals surface area contributed by atoms with Crippen LogP contribution in [0.25, 0.3) is 10.7 Å². The summed E-state index contributed by atoms with van der Waals surface area (Å²) in [5, 5.41) is 2.04. The van der Waals surface area contributed by atoms with Gasteiger partial charge in [-0.15, -0.1) is 11.3 Å². The fourth-order valence-corrected chi connectivity index (χ4v) is 2.90. The van der Waals surface area contributed by atoms with E-state index in [1.807, 2.05) is 48.2 Å². The first-order chi connectivity index (χ1) is 10.8. The lowest BCUT2D eigenvalue weighted by atomic mass is 10.2. The van der Waals surface area contributed by atoms with Crippen molar-refractivity contribution < 1.29 is 0 Å². The number of thiophene rings is 1. The van der Waals surface area contributed by atoms with Gasteiger partial charge in [0.2, 0.25) is 0 Å². The highest BCUT2D eigenvalue weighted by molar-refractivity contribution is 7.13. The fourth-order valence-electron chi connectivity index (χ4n) is 2.23. The van der Waals surface area contributed by atoms with E-state index in [9.17, 15) is 0 Å². The second-order valence-corrected chi connectivity index (χ2v) is 5.96. The van der Waals surface area contributed by atoms with E-state index in [0.717, 1.165) is 41.6 Å². The Kier molecular flexibility index (Phi) is 4.88. The van der Waals surface area contributed by atoms with Crippen LogP contribution < -0.4 is 0 Å². The standard InChI is InChI=1S/C17H18N4S/c1-2-21(13-15-6-3-4-8-18-15)12-14-10-19-17(20-11-14)16-7-5-9-22-16/h3-11H,2,12-13H2,1H3. The van der Waals surface area contributed by atoms with E-state index in [4.69, 9.17) is 0 Å². The summed E-state index contributed by atoms with van der Waals surface area (Å²) in [5.41, 5.74) is 2.21. The maximum absolute atomic E-state index is 4.47. The zero-order valence-corrected chi connectivity index (χ0v) is 13.3. The zero-order chi connectivity index (χ0) is 15.2. The lowest BCUT2D eigenvalue weighted by Crippen LogP contribution is -2.23. The highest BCUT2D eigenvalue weighted by Crippen LogP contribution is 2.20. The third-order valence-electron chi connectivity index (χ3n) is 3.41. The minimum atomic E-state index is 0.798. The number of rotatable bonds is 6. The third-order valence-corrected chi connectivity index (χ3v) is 4.28. The van der Waals surface area contributed by atoms with E-state index in [1.165, 1.54) is 0 Å². The molecule has 5 heteroatoms. The van der Waals surface area contributed by atoms with Gasteiger partial charge in [-0.2, -0.15) is 0 Å². The Morgan fingerprint density at radius 1 is 1.00 bits per heavy atom. The van der Waals surface area contributed by atoms with Gasteiger partial charge >= 0.3 is 0 Å². The Labute approximate surface area is 134 Å². The lowest BCUT2D eigenvalue weighted by Gasteiger charge is -2.19. The summed E-state index contributed by atoms with van der Waals surface area (Å²) in [6.07, 6.45) is 5.67. The molecular formula is C17H18N4S. The van der Waals surface area contributed by atoms with Gasteiger partial charge in [0.15, 0.2) is 5.82 Å². The molecule has 0 N–H and O–H groups in total. The van der Waals surface area contributed by atoms with Crippen molar-refractivity contribution in [3.05, 3.63) is 65.6 Å². The Hall–Kier alpha value is -2.11. The molecule has 0 amide bonds. The van der Waals surface area contributed by atoms with Gasteiger partial charge in [0.05, 0.1) is 10.6 Å². The highest BCUT2D eigenvalue weighted by atomic mass is 32.1. The second kappa shape index (κ2) is 7.24. The number of hydrogen-bond donors (Lipinski definition) is 0. The molecule has 0 bridgehead atoms. The molecule has 3 rings (SSSR count). The molecule has 0 aliphatic heterocycles. The minimum absolute atomic E-state index is 0.798. The fraction of sp³-hybridized carbons (Fsp3) is 0.235. The van der Waals surface area contributed by atoms with Crippen molar-refractivity contribution >= 4 is 11.3 Å². The molecule has 0 saturated heterocycles. The predicted molar refractivity (Wildman–Crippen MR) is 89.4 cm³/mol. The largest absolute Gasteiger partial charge is 0.293 e. The van der Waals surface area contributed by atoms with Crippen LogP contribution in [0.1, 0.15) is 18.2 Å². The first kappa shape index (κ1) is 14.8. The molecule has 3 aromatic heterocycles. The van der Waals surface area contributed by atoms with Gasteiger partial charge in [-0.1, -0.05) is 19.1 Å². The first-order valence-electron chi connectivity index (χ1n) is 7.32. The van der Waals surface area contributed by atoms with Gasteiger partial charge in [0.1, 0.15) is 0 Å². The first-order valence-corrected chi connectivity index (χ1v) is 8.20. The molecule has 0 radical (unpaired) electrons. The van der Waals surface area contributed by atoms with Gasteiger partial charge in [0, 0.05) is 37.2 Å². The van der Waals surface area contributed by atoms with E-state index in [0.29, 0.717) is 0 Å². The van der Waals surface area contributed by atoms with Crippen LogP contribution in [0.4, 0.5) is 0 Å². The van der Waals surface area contributed by atoms with Crippen LogP contribution in [-0.2, 0) is 13.1 Å². The van der Waals surface area contributed by atoms with Crippen LogP contribution in [0.15, 0.2) is 54.3 Å². The molecule has 0 fully saturated rings. The average molecular weight is 310 g/mol. The quantitative estimate of drug-likeness (QED) is 0.697. The summed E-state index contributed by atoms with van der Waals surface area (Å²) in [5.74, 6) is 0.798. The number of nitrogens with zero attached hydrogens (tertiary/aromatic N) is 4. The van der Waals surface area contributed by atoms with Crippen molar-refractivity contribution in [1.29, 1.82) is 0 Å². The molecule has 22 heavy (non-hydrogen) atoms. The summed E-state index contributed by atoms with van der Waals surface area (Å²) >= 11 is 1.66. The van der Waals surface area contributed by atoms with Crippen LogP contribution in [0, 0.1) is 0 Å². The smallest absolute Gasteiger partial charge is 0.169 e. The number of aromatic nitrogens is 3. The Bertz CT molecular complexity index is 680. The van der Waals surface area contributed by atoms with Gasteiger partial charge in [-0.25, -0.2) is 9.97 Å². The Balaban J connectivity index is 1.66. The normalized spacial score (nSPS) is 11.0. The van der Waals surface area contributed by atoms with E-state index in [-0.39, 0.29) is 0 Å². The topological polar surface area (TPSA) is 41.9 Å². The third kappa shape index (κ3) is 3.75. The lowest BCUT2D eigenvalue weighted by molar-refractivity contribution is 0.267. The highest BCUT2D eigenvalue weighted by Gasteiger charge is 2.07. The average Bonchev–Trinajstić information content (AvgIpc) is 3.10. The van der Waals surface area contributed by atoms with Crippen molar-refractivity contribution in [3.63, 3.8) is 0 Å². The second-order valence-electron chi connectivity index (χ2n) is 5.02. The van der Waals surface area contributed by atoms with Crippen LogP contribution in [0.5, 0.6) is 0 Å². The molecule has 3 aromatic rings. The number of pyridine rings is 1. The monoisotopic (exact) mass is 310 g/mol. The van der Waals surface area contributed by atoms with Gasteiger partial charge < -0.3 is 0 Å². The molecule has 0 spiro atoms. The summed E-state index contributed by atoms with van der Waals surface area (Å²) in [7, 11) is 0. The molecule has 0 unspecified atom stereocenters. The molecule has 112 valence electrons. The molecule has 3 heterocycles. The van der Waals surface area contributed by atoms with E-state index in [2.05, 4.69) is 32.8 Å². The van der Waals surface area contributed by atoms with Crippen molar-refractivity contribution in [3.8, 4) is 10.7 Å². The zero-order valence-electron chi connectivity index (χ0n) is 12.5. The van der Waals surface area contributed by atoms with Crippen LogP contribution in [0.3, 0.4) is 0 Å². The van der Waals surface area contributed by atoms with Gasteiger partial charge in [0.25, 0.3) is 0 Å². The molecule has 0 saturated carbocycles. The minimum Gasteiger partial charge on any atom is -0.293 e. The molecular weight excluding hydrogens is 292 g/mol. The molecule has 0 aliphatic carbocycles. The summed E-state index contributed by atoms with van der Waals surface area (Å²) in [6, 6.07) is 10.1. The van der Waals surface area contributed by atoms with Crippen molar-refractivity contribution in [2.24, 2.45) is 0 Å². The van der Waals surface area contributed by atoms with Crippen LogP contribution in [-0.4, -0.2) is 26.4 Å².